The molecule has 8 nitrogen and oxygen atoms in total. The minimum Gasteiger partial charge on any atom is -0.496 e. The van der Waals surface area contributed by atoms with Gasteiger partial charge >= 0.3 is 0 Å². The molecule has 0 amide bonds. The maximum absolute atomic E-state index is 12.1. The number of nitrogens with zero attached hydrogens (tertiary/aromatic N) is 2. The molecule has 1 aromatic heterocycles. The maximum Gasteiger partial charge on any atom is 0.229 e. The number of aryl methyl sites for hydroxylation is 3. The molecule has 9 heteroatoms. The van der Waals surface area contributed by atoms with Crippen LogP contribution in [0.2, 0.25) is 0 Å². The van der Waals surface area contributed by atoms with Crippen LogP contribution in [0.4, 0.5) is 23.1 Å². The molecule has 1 aliphatic carbocycles. The fourth-order valence-corrected chi connectivity index (χ4v) is 5.04. The van der Waals surface area contributed by atoms with Gasteiger partial charge in [-0.3, -0.25) is 0 Å². The van der Waals surface area contributed by atoms with Gasteiger partial charge in [0, 0.05) is 29.7 Å². The second-order valence-corrected chi connectivity index (χ2v) is 10.4. The summed E-state index contributed by atoms with van der Waals surface area (Å²) in [5.74, 6) is 2.01. The normalized spacial score (nSPS) is 13.6. The average Bonchev–Trinajstić information content (AvgIpc) is 3.61. The molecule has 0 radical (unpaired) electrons. The minimum atomic E-state index is -3.22. The van der Waals surface area contributed by atoms with Gasteiger partial charge in [-0.1, -0.05) is 12.1 Å². The Labute approximate surface area is 194 Å². The van der Waals surface area contributed by atoms with Gasteiger partial charge in [0.1, 0.15) is 11.6 Å². The Balaban J connectivity index is 1.48. The van der Waals surface area contributed by atoms with Crippen molar-refractivity contribution in [2.24, 2.45) is 0 Å². The third-order valence-electron chi connectivity index (χ3n) is 5.52. The van der Waals surface area contributed by atoms with Crippen molar-refractivity contribution < 1.29 is 13.2 Å². The second kappa shape index (κ2) is 9.36. The van der Waals surface area contributed by atoms with Crippen molar-refractivity contribution in [1.29, 1.82) is 0 Å². The van der Waals surface area contributed by atoms with Crippen molar-refractivity contribution in [3.05, 3.63) is 64.8 Å². The Morgan fingerprint density at radius 2 is 1.73 bits per heavy atom. The smallest absolute Gasteiger partial charge is 0.229 e. The van der Waals surface area contributed by atoms with Crippen LogP contribution in [0, 0.1) is 20.8 Å². The molecule has 0 unspecified atom stereocenters. The van der Waals surface area contributed by atoms with Crippen molar-refractivity contribution in [3.63, 3.8) is 0 Å². The number of ether oxygens (including phenoxy) is 1. The van der Waals surface area contributed by atoms with Crippen LogP contribution in [-0.2, 0) is 16.6 Å². The molecule has 0 saturated heterocycles. The van der Waals surface area contributed by atoms with Gasteiger partial charge in [-0.2, -0.15) is 4.98 Å². The lowest BCUT2D eigenvalue weighted by molar-refractivity contribution is 0.408. The van der Waals surface area contributed by atoms with Gasteiger partial charge in [0.2, 0.25) is 16.0 Å². The molecule has 0 bridgehead atoms. The van der Waals surface area contributed by atoms with E-state index >= 15 is 0 Å². The van der Waals surface area contributed by atoms with E-state index in [1.54, 1.807) is 13.3 Å². The van der Waals surface area contributed by atoms with Crippen LogP contribution in [0.3, 0.4) is 0 Å². The van der Waals surface area contributed by atoms with E-state index in [0.29, 0.717) is 11.8 Å². The van der Waals surface area contributed by atoms with Gasteiger partial charge < -0.3 is 15.4 Å². The topological polar surface area (TPSA) is 105 Å². The van der Waals surface area contributed by atoms with Crippen LogP contribution in [0.1, 0.15) is 35.1 Å². The van der Waals surface area contributed by atoms with Crippen molar-refractivity contribution in [1.82, 2.24) is 14.7 Å². The first-order valence-electron chi connectivity index (χ1n) is 10.9. The van der Waals surface area contributed by atoms with Crippen molar-refractivity contribution in [2.45, 2.75) is 45.4 Å². The first kappa shape index (κ1) is 23.0. The zero-order chi connectivity index (χ0) is 23.6. The highest BCUT2D eigenvalue weighted by Gasteiger charge is 2.35. The number of methoxy groups -OCH3 is 1. The molecule has 3 aromatic rings. The lowest BCUT2D eigenvalue weighted by Gasteiger charge is -2.14. The molecular formula is C24H29N5O3S. The van der Waals surface area contributed by atoms with Gasteiger partial charge in [0.25, 0.3) is 0 Å². The molecule has 4 rings (SSSR count). The molecule has 0 aliphatic heterocycles. The number of rotatable bonds is 9. The van der Waals surface area contributed by atoms with Gasteiger partial charge in [-0.05, 0) is 74.6 Å². The van der Waals surface area contributed by atoms with E-state index in [4.69, 9.17) is 4.74 Å². The second-order valence-electron chi connectivity index (χ2n) is 8.38. The van der Waals surface area contributed by atoms with Gasteiger partial charge in [-0.15, -0.1) is 0 Å². The molecule has 1 saturated carbocycles. The van der Waals surface area contributed by atoms with Crippen LogP contribution >= 0.6 is 0 Å². The molecule has 2 aromatic carbocycles. The minimum absolute atomic E-state index is 0.230. The molecule has 1 heterocycles. The molecule has 1 fully saturated rings. The third kappa shape index (κ3) is 5.61. The summed E-state index contributed by atoms with van der Waals surface area (Å²) in [5.41, 5.74) is 5.52. The van der Waals surface area contributed by atoms with Crippen LogP contribution < -0.4 is 20.1 Å². The van der Waals surface area contributed by atoms with Crippen LogP contribution in [-0.4, -0.2) is 30.7 Å². The number of hydrogen-bond donors (Lipinski definition) is 3. The average molecular weight is 468 g/mol. The molecule has 174 valence electrons. The summed E-state index contributed by atoms with van der Waals surface area (Å²) >= 11 is 0. The Morgan fingerprint density at radius 1 is 1.00 bits per heavy atom. The molecule has 1 aliphatic rings. The summed E-state index contributed by atoms with van der Waals surface area (Å²) in [6.07, 6.45) is 3.25. The molecule has 3 N–H and O–H groups in total. The Hall–Kier alpha value is -3.17. The predicted molar refractivity (Wildman–Crippen MR) is 131 cm³/mol. The van der Waals surface area contributed by atoms with E-state index in [2.05, 4.69) is 25.3 Å². The summed E-state index contributed by atoms with van der Waals surface area (Å²) in [7, 11) is -1.55. The Morgan fingerprint density at radius 3 is 2.39 bits per heavy atom. The fourth-order valence-electron chi connectivity index (χ4n) is 3.68. The first-order chi connectivity index (χ1) is 15.7. The highest BCUT2D eigenvalue weighted by atomic mass is 32.2. The van der Waals surface area contributed by atoms with E-state index in [9.17, 15) is 8.42 Å². The number of aromatic nitrogens is 2. The molecule has 33 heavy (non-hydrogen) atoms. The summed E-state index contributed by atoms with van der Waals surface area (Å²) in [5, 5.41) is 6.35. The Bertz CT molecular complexity index is 1250. The predicted octanol–water partition coefficient (Wildman–Crippen LogP) is 4.48. The molecule has 0 atom stereocenters. The SMILES string of the molecule is COc1c(C)cc(Nc2ncc(C)c(Nc3cccc(CNS(=O)(=O)C4CC4)c3)n2)cc1C. The summed E-state index contributed by atoms with van der Waals surface area (Å²) in [6, 6.07) is 11.6. The van der Waals surface area contributed by atoms with Crippen LogP contribution in [0.25, 0.3) is 0 Å². The van der Waals surface area contributed by atoms with Crippen molar-refractivity contribution in [3.8, 4) is 5.75 Å². The quantitative estimate of drug-likeness (QED) is 0.426. The maximum atomic E-state index is 12.1. The van der Waals surface area contributed by atoms with Gasteiger partial charge in [-0.25, -0.2) is 18.1 Å². The number of sulfonamides is 1. The van der Waals surface area contributed by atoms with Crippen molar-refractivity contribution >= 4 is 33.2 Å². The Kier molecular flexibility index (Phi) is 6.53. The summed E-state index contributed by atoms with van der Waals surface area (Å²) < 4.78 is 32.3. The van der Waals surface area contributed by atoms with Gasteiger partial charge in [0.05, 0.1) is 12.4 Å². The lowest BCUT2D eigenvalue weighted by Crippen LogP contribution is -2.26. The van der Waals surface area contributed by atoms with Crippen molar-refractivity contribution in [2.75, 3.05) is 17.7 Å². The van der Waals surface area contributed by atoms with Gasteiger partial charge in [0.15, 0.2) is 0 Å². The largest absolute Gasteiger partial charge is 0.496 e. The fraction of sp³-hybridized carbons (Fsp3) is 0.333. The van der Waals surface area contributed by atoms with E-state index in [0.717, 1.165) is 52.2 Å². The lowest BCUT2D eigenvalue weighted by atomic mass is 10.1. The number of hydrogen-bond acceptors (Lipinski definition) is 7. The van der Waals surface area contributed by atoms with Crippen LogP contribution in [0.5, 0.6) is 5.75 Å². The third-order valence-corrected chi connectivity index (χ3v) is 7.42. The number of anilines is 4. The number of nitrogens with one attached hydrogen (secondary N) is 3. The van der Waals surface area contributed by atoms with Crippen LogP contribution in [0.15, 0.2) is 42.6 Å². The molecular weight excluding hydrogens is 438 g/mol. The van der Waals surface area contributed by atoms with E-state index in [-0.39, 0.29) is 11.8 Å². The molecule has 0 spiro atoms. The highest BCUT2D eigenvalue weighted by Crippen LogP contribution is 2.29. The zero-order valence-corrected chi connectivity index (χ0v) is 20.1. The monoisotopic (exact) mass is 467 g/mol. The zero-order valence-electron chi connectivity index (χ0n) is 19.3. The van der Waals surface area contributed by atoms with E-state index < -0.39 is 10.0 Å². The summed E-state index contributed by atoms with van der Waals surface area (Å²) in [6.45, 7) is 6.19. The van der Waals surface area contributed by atoms with E-state index in [1.807, 2.05) is 57.2 Å². The first-order valence-corrected chi connectivity index (χ1v) is 12.4. The summed E-state index contributed by atoms with van der Waals surface area (Å²) in [4.78, 5) is 9.04. The van der Waals surface area contributed by atoms with E-state index in [1.165, 1.54) is 0 Å². The number of benzene rings is 2. The standard InChI is InChI=1S/C24H29N5O3S/c1-15-10-20(11-16(2)22(15)32-4)28-24-25-13-17(3)23(29-24)27-19-7-5-6-18(12-19)14-26-33(30,31)21-8-9-21/h5-7,10-13,21,26H,8-9,14H2,1-4H3,(H2,25,27,28,29). The highest BCUT2D eigenvalue weighted by molar-refractivity contribution is 7.90.